The van der Waals surface area contributed by atoms with Crippen LogP contribution in [0.2, 0.25) is 0 Å². The first-order valence-electron chi connectivity index (χ1n) is 6.80. The van der Waals surface area contributed by atoms with E-state index in [4.69, 9.17) is 0 Å². The third kappa shape index (κ3) is 2.32. The van der Waals surface area contributed by atoms with Crippen molar-refractivity contribution in [3.05, 3.63) is 46.1 Å². The molecule has 0 unspecified atom stereocenters. The lowest BCUT2D eigenvalue weighted by molar-refractivity contribution is 0.102. The fourth-order valence-corrected chi connectivity index (χ4v) is 2.41. The lowest BCUT2D eigenvalue weighted by Gasteiger charge is -2.17. The molecule has 3 N–H and O–H groups in total. The monoisotopic (exact) mass is 270 g/mol. The highest BCUT2D eigenvalue weighted by Crippen LogP contribution is 2.18. The molecule has 3 rings (SSSR count). The van der Waals surface area contributed by atoms with Gasteiger partial charge in [-0.05, 0) is 50.1 Å². The van der Waals surface area contributed by atoms with E-state index in [1.165, 1.54) is 11.1 Å². The van der Waals surface area contributed by atoms with Gasteiger partial charge in [-0.25, -0.2) is 0 Å². The number of hydrogen-bond donors (Lipinski definition) is 3. The number of hydrogen-bond acceptors (Lipinski definition) is 3. The van der Waals surface area contributed by atoms with Gasteiger partial charge in [0, 0.05) is 23.4 Å². The molecule has 20 heavy (non-hydrogen) atoms. The summed E-state index contributed by atoms with van der Waals surface area (Å²) in [6, 6.07) is 5.90. The number of benzene rings is 1. The number of fused-ring (bicyclic) bond motifs is 1. The molecule has 0 aliphatic carbocycles. The number of amides is 1. The van der Waals surface area contributed by atoms with Crippen LogP contribution in [-0.2, 0) is 13.0 Å². The van der Waals surface area contributed by atoms with Gasteiger partial charge in [-0.1, -0.05) is 6.07 Å². The zero-order chi connectivity index (χ0) is 14.1. The lowest BCUT2D eigenvalue weighted by atomic mass is 9.98. The van der Waals surface area contributed by atoms with Crippen molar-refractivity contribution in [1.82, 2.24) is 15.5 Å². The Bertz CT molecular complexity index is 660. The van der Waals surface area contributed by atoms with E-state index in [2.05, 4.69) is 20.8 Å². The van der Waals surface area contributed by atoms with Crippen molar-refractivity contribution in [1.29, 1.82) is 0 Å². The van der Waals surface area contributed by atoms with E-state index in [1.807, 2.05) is 32.0 Å². The number of rotatable bonds is 2. The zero-order valence-electron chi connectivity index (χ0n) is 11.7. The first kappa shape index (κ1) is 12.9. The summed E-state index contributed by atoms with van der Waals surface area (Å²) < 4.78 is 0. The maximum absolute atomic E-state index is 12.3. The summed E-state index contributed by atoms with van der Waals surface area (Å²) >= 11 is 0. The molecule has 1 aromatic heterocycles. The minimum absolute atomic E-state index is 0.118. The number of aromatic amines is 1. The molecule has 0 spiro atoms. The minimum Gasteiger partial charge on any atom is -0.312 e. The lowest BCUT2D eigenvalue weighted by Crippen LogP contribution is -2.24. The van der Waals surface area contributed by atoms with Crippen molar-refractivity contribution in [2.45, 2.75) is 26.8 Å². The van der Waals surface area contributed by atoms with Gasteiger partial charge < -0.3 is 10.6 Å². The van der Waals surface area contributed by atoms with Gasteiger partial charge in [0.1, 0.15) is 0 Å². The molecule has 1 amide bonds. The first-order chi connectivity index (χ1) is 9.65. The van der Waals surface area contributed by atoms with E-state index < -0.39 is 0 Å². The standard InChI is InChI=1S/C15H18N4O/c1-9-10(2)18-19-14(9)17-15(20)12-4-3-11-5-6-16-8-13(11)7-12/h3-4,7,16H,5-6,8H2,1-2H3,(H2,17,18,19,20). The molecule has 0 radical (unpaired) electrons. The number of aryl methyl sites for hydroxylation is 1. The Hall–Kier alpha value is -2.14. The number of aromatic nitrogens is 2. The number of carbonyl (C=O) groups excluding carboxylic acids is 1. The zero-order valence-corrected chi connectivity index (χ0v) is 11.7. The third-order valence-electron chi connectivity index (χ3n) is 3.84. The van der Waals surface area contributed by atoms with Gasteiger partial charge in [0.25, 0.3) is 5.91 Å². The third-order valence-corrected chi connectivity index (χ3v) is 3.84. The molecule has 5 nitrogen and oxygen atoms in total. The van der Waals surface area contributed by atoms with E-state index in [9.17, 15) is 4.79 Å². The average molecular weight is 270 g/mol. The van der Waals surface area contributed by atoms with E-state index in [-0.39, 0.29) is 5.91 Å². The molecule has 0 atom stereocenters. The smallest absolute Gasteiger partial charge is 0.256 e. The summed E-state index contributed by atoms with van der Waals surface area (Å²) in [7, 11) is 0. The summed E-state index contributed by atoms with van der Waals surface area (Å²) in [4.78, 5) is 12.3. The highest BCUT2D eigenvalue weighted by Gasteiger charge is 2.14. The Kier molecular flexibility index (Phi) is 3.28. The van der Waals surface area contributed by atoms with Crippen molar-refractivity contribution in [3.8, 4) is 0 Å². The molecule has 1 aliphatic heterocycles. The fourth-order valence-electron chi connectivity index (χ4n) is 2.41. The summed E-state index contributed by atoms with van der Waals surface area (Å²) in [5, 5.41) is 13.1. The van der Waals surface area contributed by atoms with Crippen molar-refractivity contribution < 1.29 is 4.79 Å². The number of nitrogens with one attached hydrogen (secondary N) is 3. The summed E-state index contributed by atoms with van der Waals surface area (Å²) in [5.74, 6) is 0.483. The Labute approximate surface area is 117 Å². The molecule has 0 bridgehead atoms. The first-order valence-corrected chi connectivity index (χ1v) is 6.80. The van der Waals surface area contributed by atoms with Crippen LogP contribution < -0.4 is 10.6 Å². The minimum atomic E-state index is -0.118. The maximum Gasteiger partial charge on any atom is 0.256 e. The predicted octanol–water partition coefficient (Wildman–Crippen LogP) is 1.92. The summed E-state index contributed by atoms with van der Waals surface area (Å²) in [6.07, 6.45) is 1.02. The molecular formula is C15H18N4O. The highest BCUT2D eigenvalue weighted by molar-refractivity contribution is 6.04. The molecule has 1 aromatic carbocycles. The van der Waals surface area contributed by atoms with Gasteiger partial charge in [0.05, 0.1) is 0 Å². The van der Waals surface area contributed by atoms with Crippen LogP contribution in [0.15, 0.2) is 18.2 Å². The molecule has 0 fully saturated rings. The molecule has 0 saturated carbocycles. The molecule has 5 heteroatoms. The van der Waals surface area contributed by atoms with Crippen LogP contribution in [0.3, 0.4) is 0 Å². The molecule has 104 valence electrons. The Morgan fingerprint density at radius 2 is 2.15 bits per heavy atom. The molecule has 2 aromatic rings. The quantitative estimate of drug-likeness (QED) is 0.781. The Balaban J connectivity index is 1.82. The van der Waals surface area contributed by atoms with Gasteiger partial charge in [0.15, 0.2) is 5.82 Å². The fraction of sp³-hybridized carbons (Fsp3) is 0.333. The Morgan fingerprint density at radius 1 is 1.30 bits per heavy atom. The van der Waals surface area contributed by atoms with E-state index in [0.717, 1.165) is 30.8 Å². The number of H-pyrrole nitrogens is 1. The Morgan fingerprint density at radius 3 is 2.90 bits per heavy atom. The second-order valence-corrected chi connectivity index (χ2v) is 5.19. The largest absolute Gasteiger partial charge is 0.312 e. The van der Waals surface area contributed by atoms with Crippen LogP contribution in [0.1, 0.15) is 32.7 Å². The van der Waals surface area contributed by atoms with Gasteiger partial charge in [0.2, 0.25) is 0 Å². The normalized spacial score (nSPS) is 13.9. The van der Waals surface area contributed by atoms with Crippen molar-refractivity contribution in [2.24, 2.45) is 0 Å². The van der Waals surface area contributed by atoms with Crippen LogP contribution >= 0.6 is 0 Å². The SMILES string of the molecule is Cc1[nH]nc(NC(=O)c2ccc3c(c2)CNCC3)c1C. The molecule has 2 heterocycles. The average Bonchev–Trinajstić information content (AvgIpc) is 2.78. The number of anilines is 1. The summed E-state index contributed by atoms with van der Waals surface area (Å²) in [6.45, 7) is 5.70. The second kappa shape index (κ2) is 5.09. The van der Waals surface area contributed by atoms with E-state index in [1.54, 1.807) is 0 Å². The van der Waals surface area contributed by atoms with E-state index >= 15 is 0 Å². The highest BCUT2D eigenvalue weighted by atomic mass is 16.1. The van der Waals surface area contributed by atoms with Gasteiger partial charge in [-0.2, -0.15) is 5.10 Å². The van der Waals surface area contributed by atoms with Gasteiger partial charge in [-0.3, -0.25) is 9.89 Å². The van der Waals surface area contributed by atoms with Crippen LogP contribution in [0.5, 0.6) is 0 Å². The van der Waals surface area contributed by atoms with Gasteiger partial charge in [-0.15, -0.1) is 0 Å². The van der Waals surface area contributed by atoms with Crippen LogP contribution in [-0.4, -0.2) is 22.6 Å². The van der Waals surface area contributed by atoms with Gasteiger partial charge >= 0.3 is 0 Å². The van der Waals surface area contributed by atoms with Crippen molar-refractivity contribution in [2.75, 3.05) is 11.9 Å². The summed E-state index contributed by atoms with van der Waals surface area (Å²) in [5.41, 5.74) is 5.14. The molecular weight excluding hydrogens is 252 g/mol. The maximum atomic E-state index is 12.3. The van der Waals surface area contributed by atoms with Crippen LogP contribution in [0.4, 0.5) is 5.82 Å². The van der Waals surface area contributed by atoms with Crippen LogP contribution in [0.25, 0.3) is 0 Å². The van der Waals surface area contributed by atoms with Crippen molar-refractivity contribution in [3.63, 3.8) is 0 Å². The van der Waals surface area contributed by atoms with E-state index in [0.29, 0.717) is 11.4 Å². The van der Waals surface area contributed by atoms with Crippen molar-refractivity contribution >= 4 is 11.7 Å². The topological polar surface area (TPSA) is 69.8 Å². The molecule has 1 aliphatic rings. The second-order valence-electron chi connectivity index (χ2n) is 5.19. The predicted molar refractivity (Wildman–Crippen MR) is 77.9 cm³/mol. The molecule has 0 saturated heterocycles. The number of carbonyl (C=O) groups is 1. The van der Waals surface area contributed by atoms with Crippen LogP contribution in [0, 0.1) is 13.8 Å². The number of nitrogens with zero attached hydrogens (tertiary/aromatic N) is 1.